The number of thiazole rings is 1. The largest absolute Gasteiger partial charge is 0.457 e. The van der Waals surface area contributed by atoms with Crippen molar-refractivity contribution in [2.24, 2.45) is 5.92 Å². The van der Waals surface area contributed by atoms with Gasteiger partial charge in [-0.1, -0.05) is 40.7 Å². The van der Waals surface area contributed by atoms with Gasteiger partial charge in [-0.2, -0.15) is 0 Å². The number of Topliss-reactive ketones (excluding diaryl/α,β-unsaturated/α-hetero) is 1. The number of nitrogens with zero attached hydrogens (tertiary/aromatic N) is 1. The molecule has 0 amide bonds. The van der Waals surface area contributed by atoms with E-state index < -0.39 is 16.8 Å². The van der Waals surface area contributed by atoms with Crippen molar-refractivity contribution in [1.82, 2.24) is 4.98 Å². The summed E-state index contributed by atoms with van der Waals surface area (Å²) in [4.78, 5) is 31.6. The van der Waals surface area contributed by atoms with Gasteiger partial charge in [0, 0.05) is 16.7 Å². The number of rotatable bonds is 7. The topological polar surface area (TPSA) is 76.5 Å². The van der Waals surface area contributed by atoms with Gasteiger partial charge in [0.25, 0.3) is 0 Å². The van der Waals surface area contributed by atoms with Crippen molar-refractivity contribution < 1.29 is 19.4 Å². The highest BCUT2D eigenvalue weighted by Gasteiger charge is 2.49. The van der Waals surface area contributed by atoms with E-state index in [0.717, 1.165) is 27.3 Å². The fourth-order valence-corrected chi connectivity index (χ4v) is 6.02. The molecule has 2 heterocycles. The van der Waals surface area contributed by atoms with Gasteiger partial charge in [-0.15, -0.1) is 23.1 Å². The number of ketones is 1. The first kappa shape index (κ1) is 24.9. The van der Waals surface area contributed by atoms with E-state index in [1.807, 2.05) is 38.3 Å². The summed E-state index contributed by atoms with van der Waals surface area (Å²) in [5.74, 6) is -0.514. The van der Waals surface area contributed by atoms with Crippen LogP contribution < -0.4 is 0 Å². The lowest BCUT2D eigenvalue weighted by Gasteiger charge is -2.41. The average molecular weight is 476 g/mol. The Balaban J connectivity index is 1.85. The summed E-state index contributed by atoms with van der Waals surface area (Å²) in [6.07, 6.45) is 1.48. The SMILES string of the molecule is Cc1cc(SC2C(=O)CC(CCc3cscn3)(C(C)C)OC2=O)c(C(C)(C)C)cc1CO. The molecule has 3 rings (SSSR count). The lowest BCUT2D eigenvalue weighted by Crippen LogP contribution is -2.52. The molecule has 174 valence electrons. The average Bonchev–Trinajstić information content (AvgIpc) is 3.22. The van der Waals surface area contributed by atoms with E-state index in [1.54, 1.807) is 5.51 Å². The summed E-state index contributed by atoms with van der Waals surface area (Å²) in [6, 6.07) is 3.96. The van der Waals surface area contributed by atoms with Crippen LogP contribution in [0.4, 0.5) is 0 Å². The molecule has 0 radical (unpaired) electrons. The van der Waals surface area contributed by atoms with Gasteiger partial charge in [0.15, 0.2) is 11.0 Å². The third-order valence-electron chi connectivity index (χ3n) is 6.29. The number of ether oxygens (including phenoxy) is 1. The molecule has 1 aromatic heterocycles. The molecule has 1 N–H and O–H groups in total. The van der Waals surface area contributed by atoms with Crippen LogP contribution in [0.3, 0.4) is 0 Å². The Hall–Kier alpha value is -1.70. The third kappa shape index (κ3) is 5.26. The molecule has 0 saturated carbocycles. The number of thioether (sulfide) groups is 1. The molecule has 1 aliphatic rings. The fraction of sp³-hybridized carbons (Fsp3) is 0.560. The lowest BCUT2D eigenvalue weighted by molar-refractivity contribution is -0.176. The minimum atomic E-state index is -0.873. The fourth-order valence-electron chi connectivity index (χ4n) is 4.08. The first-order chi connectivity index (χ1) is 15.0. The normalized spacial score (nSPS) is 21.8. The standard InChI is InChI=1S/C25H33NO4S2/c1-15(2)25(8-7-18-13-31-14-26-18)11-20(28)22(23(29)30-25)32-21-9-16(3)17(12-27)10-19(21)24(4,5)6/h9-10,13-15,22,27H,7-8,11-12H2,1-6H3. The molecule has 2 aromatic rings. The second-order valence-electron chi connectivity index (χ2n) is 9.94. The summed E-state index contributed by atoms with van der Waals surface area (Å²) in [7, 11) is 0. The van der Waals surface area contributed by atoms with E-state index in [9.17, 15) is 14.7 Å². The van der Waals surface area contributed by atoms with Crippen LogP contribution in [0.25, 0.3) is 0 Å². The summed E-state index contributed by atoms with van der Waals surface area (Å²) >= 11 is 2.82. The van der Waals surface area contributed by atoms with Crippen LogP contribution in [0.15, 0.2) is 27.9 Å². The zero-order chi connectivity index (χ0) is 23.7. The zero-order valence-electron chi connectivity index (χ0n) is 19.7. The van der Waals surface area contributed by atoms with Crippen LogP contribution in [-0.4, -0.2) is 32.7 Å². The Morgan fingerprint density at radius 2 is 2.03 bits per heavy atom. The maximum atomic E-state index is 13.3. The number of carbonyl (C=O) groups excluding carboxylic acids is 2. The highest BCUT2D eigenvalue weighted by molar-refractivity contribution is 8.01. The van der Waals surface area contributed by atoms with Crippen LogP contribution in [0.2, 0.25) is 0 Å². The van der Waals surface area contributed by atoms with Crippen LogP contribution in [-0.2, 0) is 32.8 Å². The van der Waals surface area contributed by atoms with Gasteiger partial charge in [-0.25, -0.2) is 4.98 Å². The van der Waals surface area contributed by atoms with Gasteiger partial charge in [-0.05, 0) is 53.9 Å². The Kier molecular flexibility index (Phi) is 7.52. The predicted octanol–water partition coefficient (Wildman–Crippen LogP) is 5.25. The number of esters is 1. The number of hydrogen-bond acceptors (Lipinski definition) is 7. The van der Waals surface area contributed by atoms with E-state index >= 15 is 0 Å². The lowest BCUT2D eigenvalue weighted by atomic mass is 9.79. The molecular formula is C25H33NO4S2. The molecule has 0 bridgehead atoms. The van der Waals surface area contributed by atoms with Crippen LogP contribution >= 0.6 is 23.1 Å². The molecule has 1 fully saturated rings. The van der Waals surface area contributed by atoms with Gasteiger partial charge < -0.3 is 9.84 Å². The van der Waals surface area contributed by atoms with Crippen LogP contribution in [0, 0.1) is 12.8 Å². The quantitative estimate of drug-likeness (QED) is 0.436. The number of benzene rings is 1. The smallest absolute Gasteiger partial charge is 0.327 e. The molecule has 1 aliphatic heterocycles. The number of hydrogen-bond donors (Lipinski definition) is 1. The molecule has 0 spiro atoms. The molecule has 2 atom stereocenters. The minimum absolute atomic E-state index is 0.0243. The van der Waals surface area contributed by atoms with Gasteiger partial charge in [0.1, 0.15) is 5.60 Å². The van der Waals surface area contributed by atoms with Crippen molar-refractivity contribution >= 4 is 34.9 Å². The molecule has 1 aromatic carbocycles. The second kappa shape index (κ2) is 9.65. The molecular weight excluding hydrogens is 442 g/mol. The van der Waals surface area contributed by atoms with Gasteiger partial charge >= 0.3 is 5.97 Å². The van der Waals surface area contributed by atoms with Crippen LogP contribution in [0.5, 0.6) is 0 Å². The van der Waals surface area contributed by atoms with Crippen molar-refractivity contribution in [2.75, 3.05) is 0 Å². The van der Waals surface area contributed by atoms with E-state index in [1.165, 1.54) is 23.1 Å². The number of cyclic esters (lactones) is 1. The van der Waals surface area contributed by atoms with Crippen molar-refractivity contribution in [3.63, 3.8) is 0 Å². The second-order valence-corrected chi connectivity index (χ2v) is 11.8. The van der Waals surface area contributed by atoms with Crippen molar-refractivity contribution in [3.05, 3.63) is 45.4 Å². The summed E-state index contributed by atoms with van der Waals surface area (Å²) in [5.41, 5.74) is 4.58. The number of carbonyl (C=O) groups is 2. The number of aromatic nitrogens is 1. The maximum Gasteiger partial charge on any atom is 0.327 e. The van der Waals surface area contributed by atoms with Gasteiger partial charge in [0.05, 0.1) is 17.8 Å². The Bertz CT molecular complexity index is 959. The van der Waals surface area contributed by atoms with E-state index in [2.05, 4.69) is 25.8 Å². The van der Waals surface area contributed by atoms with Crippen LogP contribution in [0.1, 0.15) is 69.8 Å². The van der Waals surface area contributed by atoms with Gasteiger partial charge in [0.2, 0.25) is 0 Å². The van der Waals surface area contributed by atoms with Gasteiger partial charge in [-0.3, -0.25) is 9.59 Å². The Labute approximate surface area is 199 Å². The molecule has 5 nitrogen and oxygen atoms in total. The molecule has 1 saturated heterocycles. The third-order valence-corrected chi connectivity index (χ3v) is 8.20. The Morgan fingerprint density at radius 1 is 1.31 bits per heavy atom. The summed E-state index contributed by atoms with van der Waals surface area (Å²) in [5, 5.41) is 10.8. The van der Waals surface area contributed by atoms with Crippen molar-refractivity contribution in [1.29, 1.82) is 0 Å². The maximum absolute atomic E-state index is 13.3. The van der Waals surface area contributed by atoms with E-state index in [4.69, 9.17) is 4.74 Å². The van der Waals surface area contributed by atoms with E-state index in [0.29, 0.717) is 12.8 Å². The van der Waals surface area contributed by atoms with E-state index in [-0.39, 0.29) is 30.1 Å². The molecule has 7 heteroatoms. The zero-order valence-corrected chi connectivity index (χ0v) is 21.4. The molecule has 2 unspecified atom stereocenters. The summed E-state index contributed by atoms with van der Waals surface area (Å²) in [6.45, 7) is 12.2. The monoisotopic (exact) mass is 475 g/mol. The first-order valence-electron chi connectivity index (χ1n) is 11.0. The predicted molar refractivity (Wildman–Crippen MR) is 129 cm³/mol. The highest BCUT2D eigenvalue weighted by atomic mass is 32.2. The highest BCUT2D eigenvalue weighted by Crippen LogP contribution is 2.42. The van der Waals surface area contributed by atoms with Crippen molar-refractivity contribution in [2.45, 2.75) is 88.6 Å². The molecule has 0 aliphatic carbocycles. The first-order valence-corrected chi connectivity index (χ1v) is 12.8. The minimum Gasteiger partial charge on any atom is -0.457 e. The number of aryl methyl sites for hydroxylation is 2. The summed E-state index contributed by atoms with van der Waals surface area (Å²) < 4.78 is 6.04. The Morgan fingerprint density at radius 3 is 2.56 bits per heavy atom. The van der Waals surface area contributed by atoms with Crippen molar-refractivity contribution in [3.8, 4) is 0 Å². The molecule has 32 heavy (non-hydrogen) atoms. The number of aliphatic hydroxyl groups is 1. The number of aliphatic hydroxyl groups excluding tert-OH is 1.